The molecular weight excluding hydrogens is 536 g/mol. The van der Waals surface area contributed by atoms with E-state index in [2.05, 4.69) is 26.1 Å². The summed E-state index contributed by atoms with van der Waals surface area (Å²) < 4.78 is 7.81. The molecule has 3 N–H and O–H groups in total. The van der Waals surface area contributed by atoms with E-state index in [0.29, 0.717) is 28.3 Å². The molecule has 0 aliphatic carbocycles. The summed E-state index contributed by atoms with van der Waals surface area (Å²) in [5, 5.41) is 6.24. The lowest BCUT2D eigenvalue weighted by Crippen LogP contribution is -2.21. The van der Waals surface area contributed by atoms with E-state index in [9.17, 15) is 14.4 Å². The topological polar surface area (TPSA) is 136 Å². The molecule has 3 amide bonds. The molecule has 0 radical (unpaired) electrons. The Bertz CT molecular complexity index is 1880. The van der Waals surface area contributed by atoms with Gasteiger partial charge in [-0.2, -0.15) is 0 Å². The number of anilines is 2. The largest absolute Gasteiger partial charge is 0.452 e. The number of hydrogen-bond acceptors (Lipinski definition) is 7. The third-order valence-corrected chi connectivity index (χ3v) is 6.67. The van der Waals surface area contributed by atoms with Crippen LogP contribution in [0.2, 0.25) is 0 Å². The van der Waals surface area contributed by atoms with Crippen molar-refractivity contribution in [3.8, 4) is 16.9 Å². The number of benzene rings is 2. The van der Waals surface area contributed by atoms with Crippen molar-refractivity contribution < 1.29 is 24.0 Å². The minimum Gasteiger partial charge on any atom is -0.452 e. The Morgan fingerprint density at radius 2 is 1.79 bits per heavy atom. The summed E-state index contributed by atoms with van der Waals surface area (Å²) in [4.78, 5) is 51.1. The summed E-state index contributed by atoms with van der Waals surface area (Å²) in [6.45, 7) is 0. The molecule has 11 nitrogen and oxygen atoms in total. The number of Topliss-reactive ketones (excluding diaryl/α,β-unsaturated/α-hetero) is 1. The number of carbonyl (C=O) groups excluding carboxylic acids is 3. The van der Waals surface area contributed by atoms with Crippen LogP contribution in [-0.2, 0) is 11.9 Å². The van der Waals surface area contributed by atoms with Crippen molar-refractivity contribution in [2.24, 2.45) is 7.05 Å². The minimum atomic E-state index is -0.465. The Labute approximate surface area is 239 Å². The van der Waals surface area contributed by atoms with Crippen molar-refractivity contribution >= 4 is 46.2 Å². The van der Waals surface area contributed by atoms with Gasteiger partial charge in [-0.15, -0.1) is 0 Å². The van der Waals surface area contributed by atoms with Gasteiger partial charge in [-0.05, 0) is 65.7 Å². The summed E-state index contributed by atoms with van der Waals surface area (Å²) >= 11 is 0. The highest BCUT2D eigenvalue weighted by Gasteiger charge is 2.28. The fourth-order valence-corrected chi connectivity index (χ4v) is 4.78. The Kier molecular flexibility index (Phi) is 6.91. The van der Waals surface area contributed by atoms with Crippen LogP contribution in [-0.4, -0.2) is 39.4 Å². The third kappa shape index (κ3) is 5.07. The average molecular weight is 561 g/mol. The predicted molar refractivity (Wildman–Crippen MR) is 157 cm³/mol. The zero-order valence-corrected chi connectivity index (χ0v) is 22.5. The van der Waals surface area contributed by atoms with E-state index >= 15 is 0 Å². The number of ketones is 1. The normalized spacial score (nSPS) is 13.1. The van der Waals surface area contributed by atoms with Crippen LogP contribution in [0, 0.1) is 0 Å². The van der Waals surface area contributed by atoms with Gasteiger partial charge < -0.3 is 19.9 Å². The van der Waals surface area contributed by atoms with Crippen molar-refractivity contribution in [2.75, 3.05) is 17.7 Å². The summed E-state index contributed by atoms with van der Waals surface area (Å²) in [5.74, 6) is -0.112. The molecule has 3 aromatic heterocycles. The maximum atomic E-state index is 13.4. The number of carbonyl (C=O) groups is 3. The van der Waals surface area contributed by atoms with Crippen LogP contribution in [0.1, 0.15) is 26.3 Å². The summed E-state index contributed by atoms with van der Waals surface area (Å²) in [6.07, 6.45) is 8.43. The predicted octanol–water partition coefficient (Wildman–Crippen LogP) is 5.19. The highest BCUT2D eigenvalue weighted by molar-refractivity contribution is 6.16. The van der Waals surface area contributed by atoms with E-state index in [1.165, 1.54) is 13.3 Å². The molecule has 11 heteroatoms. The summed E-state index contributed by atoms with van der Waals surface area (Å²) in [5.41, 5.74) is 7.27. The average Bonchev–Trinajstić information content (AvgIpc) is 3.49. The Morgan fingerprint density at radius 3 is 2.55 bits per heavy atom. The van der Waals surface area contributed by atoms with Crippen LogP contribution >= 0.6 is 0 Å². The molecule has 42 heavy (non-hydrogen) atoms. The van der Waals surface area contributed by atoms with Gasteiger partial charge in [-0.1, -0.05) is 12.1 Å². The Morgan fingerprint density at radius 1 is 0.976 bits per heavy atom. The number of rotatable bonds is 6. The van der Waals surface area contributed by atoms with Gasteiger partial charge in [0.15, 0.2) is 5.76 Å². The second-order valence-corrected chi connectivity index (χ2v) is 9.44. The number of hydrogen-bond donors (Lipinski definition) is 3. The first-order chi connectivity index (χ1) is 20.4. The molecule has 0 bridgehead atoms. The number of allylic oxidation sites excluding steroid dienone is 1. The molecule has 4 heterocycles. The third-order valence-electron chi connectivity index (χ3n) is 6.67. The van der Waals surface area contributed by atoms with Gasteiger partial charge in [0.1, 0.15) is 11.4 Å². The molecule has 5 aromatic rings. The molecule has 0 spiro atoms. The van der Waals surface area contributed by atoms with Gasteiger partial charge in [-0.3, -0.25) is 19.4 Å². The molecular formula is C31H24N6O5. The number of urea groups is 1. The zero-order chi connectivity index (χ0) is 29.2. The van der Waals surface area contributed by atoms with Gasteiger partial charge >= 0.3 is 6.03 Å². The number of aryl methyl sites for hydroxylation is 1. The quantitative estimate of drug-likeness (QED) is 0.192. The second kappa shape index (κ2) is 11.0. The van der Waals surface area contributed by atoms with E-state index in [-0.39, 0.29) is 17.4 Å². The first-order valence-corrected chi connectivity index (χ1v) is 12.9. The zero-order valence-electron chi connectivity index (χ0n) is 22.5. The van der Waals surface area contributed by atoms with Gasteiger partial charge in [0, 0.05) is 47.8 Å². The number of pyridine rings is 2. The fourth-order valence-electron chi connectivity index (χ4n) is 4.78. The molecule has 0 fully saturated rings. The van der Waals surface area contributed by atoms with Crippen LogP contribution in [0.25, 0.3) is 28.2 Å². The lowest BCUT2D eigenvalue weighted by molar-refractivity contribution is 0.0537. The molecule has 0 saturated carbocycles. The monoisotopic (exact) mass is 560 g/mol. The lowest BCUT2D eigenvalue weighted by atomic mass is 9.99. The maximum Gasteiger partial charge on any atom is 0.323 e. The second-order valence-electron chi connectivity index (χ2n) is 9.44. The van der Waals surface area contributed by atoms with E-state index in [1.807, 2.05) is 36.0 Å². The highest BCUT2D eigenvalue weighted by Crippen LogP contribution is 2.37. The van der Waals surface area contributed by atoms with Gasteiger partial charge in [0.2, 0.25) is 5.78 Å². The van der Waals surface area contributed by atoms with Crippen LogP contribution in [0.3, 0.4) is 0 Å². The van der Waals surface area contributed by atoms with Crippen molar-refractivity contribution in [1.82, 2.24) is 20.0 Å². The SMILES string of the molecule is CONC(=O)c1ccc(-c2ccnc3c2c(C=C2Oc4ccc(NC(=O)Nc5cccnc5)cc4C2=O)cn3C)cc1. The van der Waals surface area contributed by atoms with Crippen molar-refractivity contribution in [3.63, 3.8) is 0 Å². The van der Waals surface area contributed by atoms with E-state index in [1.54, 1.807) is 60.9 Å². The van der Waals surface area contributed by atoms with Crippen LogP contribution in [0.4, 0.5) is 16.2 Å². The molecule has 0 saturated heterocycles. The van der Waals surface area contributed by atoms with E-state index in [0.717, 1.165) is 27.7 Å². The van der Waals surface area contributed by atoms with Crippen LogP contribution in [0.15, 0.2) is 91.2 Å². The number of nitrogens with zero attached hydrogens (tertiary/aromatic N) is 3. The number of nitrogens with one attached hydrogen (secondary N) is 3. The molecule has 2 aromatic carbocycles. The summed E-state index contributed by atoms with van der Waals surface area (Å²) in [6, 6.07) is 16.8. The number of amides is 3. The number of hydroxylamine groups is 1. The smallest absolute Gasteiger partial charge is 0.323 e. The van der Waals surface area contributed by atoms with E-state index in [4.69, 9.17) is 9.57 Å². The molecule has 0 atom stereocenters. The molecule has 1 aliphatic rings. The van der Waals surface area contributed by atoms with Gasteiger partial charge in [0.05, 0.1) is 24.6 Å². The molecule has 1 aliphatic heterocycles. The minimum absolute atomic E-state index is 0.149. The van der Waals surface area contributed by atoms with Crippen molar-refractivity contribution in [1.29, 1.82) is 0 Å². The van der Waals surface area contributed by atoms with Gasteiger partial charge in [0.25, 0.3) is 5.91 Å². The maximum absolute atomic E-state index is 13.4. The first kappa shape index (κ1) is 26.4. The fraction of sp³-hybridized carbons (Fsp3) is 0.0645. The van der Waals surface area contributed by atoms with E-state index < -0.39 is 6.03 Å². The van der Waals surface area contributed by atoms with Crippen molar-refractivity contribution in [2.45, 2.75) is 0 Å². The molecule has 0 unspecified atom stereocenters. The highest BCUT2D eigenvalue weighted by atomic mass is 16.6. The van der Waals surface area contributed by atoms with Crippen LogP contribution in [0.5, 0.6) is 5.75 Å². The molecule has 208 valence electrons. The first-order valence-electron chi connectivity index (χ1n) is 12.9. The molecule has 6 rings (SSSR count). The number of aromatic nitrogens is 3. The summed E-state index contributed by atoms with van der Waals surface area (Å²) in [7, 11) is 3.25. The lowest BCUT2D eigenvalue weighted by Gasteiger charge is -2.08. The Hall–Kier alpha value is -5.81. The van der Waals surface area contributed by atoms with Gasteiger partial charge in [-0.25, -0.2) is 15.3 Å². The van der Waals surface area contributed by atoms with Crippen LogP contribution < -0.4 is 20.9 Å². The number of fused-ring (bicyclic) bond motifs is 2. The number of ether oxygens (including phenoxy) is 1. The standard InChI is InChI=1S/C31H24N6O5/c1-37-17-20(27-23(11-13-33-29(27)37)18-5-7-19(8-6-18)30(39)36-41-2)14-26-28(38)24-15-21(9-10-25(24)42-26)34-31(40)35-22-4-3-12-32-16-22/h3-17H,1-2H3,(H,36,39)(H2,34,35,40). The van der Waals surface area contributed by atoms with Crippen molar-refractivity contribution in [3.05, 3.63) is 108 Å². The Balaban J connectivity index is 1.28.